The van der Waals surface area contributed by atoms with Gasteiger partial charge in [-0.05, 0) is 50.5 Å². The third-order valence-electron chi connectivity index (χ3n) is 4.68. The van der Waals surface area contributed by atoms with Gasteiger partial charge >= 0.3 is 5.97 Å². The van der Waals surface area contributed by atoms with E-state index in [1.54, 1.807) is 4.90 Å². The first kappa shape index (κ1) is 17.2. The van der Waals surface area contributed by atoms with Gasteiger partial charge in [0.2, 0.25) is 0 Å². The molecular weight excluding hydrogens is 318 g/mol. The molecule has 25 heavy (non-hydrogen) atoms. The third-order valence-corrected chi connectivity index (χ3v) is 4.68. The molecule has 3 rings (SSSR count). The average Bonchev–Trinajstić information content (AvgIpc) is 3.13. The molecule has 132 valence electrons. The van der Waals surface area contributed by atoms with E-state index in [0.717, 1.165) is 29.8 Å². The van der Waals surface area contributed by atoms with Gasteiger partial charge < -0.3 is 10.0 Å². The largest absolute Gasteiger partial charge is 0.481 e. The molecule has 0 saturated carbocycles. The summed E-state index contributed by atoms with van der Waals surface area (Å²) >= 11 is 0. The molecule has 0 aliphatic carbocycles. The van der Waals surface area contributed by atoms with Gasteiger partial charge in [-0.25, -0.2) is 0 Å². The number of rotatable bonds is 5. The molecule has 1 unspecified atom stereocenters. The van der Waals surface area contributed by atoms with Crippen molar-refractivity contribution < 1.29 is 14.7 Å². The summed E-state index contributed by atoms with van der Waals surface area (Å²) in [5, 5.41) is 13.4. The molecule has 6 heteroatoms. The van der Waals surface area contributed by atoms with Crippen molar-refractivity contribution in [3.05, 3.63) is 52.8 Å². The maximum atomic E-state index is 12.7. The highest BCUT2D eigenvalue weighted by Crippen LogP contribution is 2.23. The standard InChI is InChI=1S/C19H23N3O3/c1-13-10-14(2)22(20-13)12-15-5-7-16(8-6-15)19(25)21-9-3-4-17(21)11-18(23)24/h5-8,10,17H,3-4,9,11-12H2,1-2H3,(H,23,24). The Morgan fingerprint density at radius 3 is 2.56 bits per heavy atom. The minimum Gasteiger partial charge on any atom is -0.481 e. The van der Waals surface area contributed by atoms with E-state index in [4.69, 9.17) is 5.11 Å². The molecule has 0 spiro atoms. The van der Waals surface area contributed by atoms with Crippen LogP contribution < -0.4 is 0 Å². The van der Waals surface area contributed by atoms with Gasteiger partial charge in [-0.15, -0.1) is 0 Å². The molecule has 0 bridgehead atoms. The molecule has 1 aliphatic rings. The maximum absolute atomic E-state index is 12.7. The molecule has 1 aromatic heterocycles. The van der Waals surface area contributed by atoms with Crippen molar-refractivity contribution in [2.75, 3.05) is 6.54 Å². The molecule has 0 radical (unpaired) electrons. The molecule has 2 heterocycles. The quantitative estimate of drug-likeness (QED) is 0.907. The van der Waals surface area contributed by atoms with Crippen molar-refractivity contribution in [1.29, 1.82) is 0 Å². The zero-order valence-electron chi connectivity index (χ0n) is 14.6. The first-order valence-electron chi connectivity index (χ1n) is 8.57. The lowest BCUT2D eigenvalue weighted by Crippen LogP contribution is -2.36. The van der Waals surface area contributed by atoms with Crippen LogP contribution in [0.3, 0.4) is 0 Å². The number of likely N-dealkylation sites (tertiary alicyclic amines) is 1. The van der Waals surface area contributed by atoms with Crippen LogP contribution in [0.4, 0.5) is 0 Å². The average molecular weight is 341 g/mol. The van der Waals surface area contributed by atoms with E-state index in [1.807, 2.05) is 48.9 Å². The first-order chi connectivity index (χ1) is 11.9. The van der Waals surface area contributed by atoms with E-state index in [-0.39, 0.29) is 18.4 Å². The van der Waals surface area contributed by atoms with Crippen molar-refractivity contribution >= 4 is 11.9 Å². The van der Waals surface area contributed by atoms with Gasteiger partial charge in [-0.1, -0.05) is 12.1 Å². The number of carbonyl (C=O) groups is 2. The van der Waals surface area contributed by atoms with Crippen LogP contribution >= 0.6 is 0 Å². The van der Waals surface area contributed by atoms with Crippen molar-refractivity contribution in [3.8, 4) is 0 Å². The highest BCUT2D eigenvalue weighted by molar-refractivity contribution is 5.94. The zero-order chi connectivity index (χ0) is 18.0. The molecule has 1 N–H and O–H groups in total. The Morgan fingerprint density at radius 1 is 1.24 bits per heavy atom. The summed E-state index contributed by atoms with van der Waals surface area (Å²) in [5.74, 6) is -0.939. The van der Waals surface area contributed by atoms with Crippen LogP contribution in [0, 0.1) is 13.8 Å². The van der Waals surface area contributed by atoms with E-state index in [0.29, 0.717) is 18.7 Å². The van der Waals surface area contributed by atoms with Gasteiger partial charge in [0.15, 0.2) is 0 Å². The highest BCUT2D eigenvalue weighted by Gasteiger charge is 2.30. The molecule has 2 aromatic rings. The molecule has 1 saturated heterocycles. The predicted octanol–water partition coefficient (Wildman–Crippen LogP) is 2.63. The van der Waals surface area contributed by atoms with Crippen LogP contribution in [0.25, 0.3) is 0 Å². The molecule has 1 fully saturated rings. The molecule has 1 aliphatic heterocycles. The summed E-state index contributed by atoms with van der Waals surface area (Å²) in [4.78, 5) is 25.3. The lowest BCUT2D eigenvalue weighted by molar-refractivity contribution is -0.137. The van der Waals surface area contributed by atoms with E-state index in [2.05, 4.69) is 5.10 Å². The van der Waals surface area contributed by atoms with Crippen molar-refractivity contribution in [2.45, 2.75) is 45.7 Å². The maximum Gasteiger partial charge on any atom is 0.305 e. The smallest absolute Gasteiger partial charge is 0.305 e. The number of amides is 1. The third kappa shape index (κ3) is 3.90. The number of nitrogens with zero attached hydrogens (tertiary/aromatic N) is 3. The number of hydrogen-bond donors (Lipinski definition) is 1. The van der Waals surface area contributed by atoms with E-state index >= 15 is 0 Å². The van der Waals surface area contributed by atoms with Crippen LogP contribution in [-0.2, 0) is 11.3 Å². The monoisotopic (exact) mass is 341 g/mol. The van der Waals surface area contributed by atoms with Gasteiger partial charge in [0.25, 0.3) is 5.91 Å². The lowest BCUT2D eigenvalue weighted by atomic mass is 10.1. The number of hydrogen-bond acceptors (Lipinski definition) is 3. The summed E-state index contributed by atoms with van der Waals surface area (Å²) in [6.07, 6.45) is 1.63. The van der Waals surface area contributed by atoms with Crippen LogP contribution in [0.15, 0.2) is 30.3 Å². The van der Waals surface area contributed by atoms with E-state index in [1.165, 1.54) is 0 Å². The molecule has 1 aromatic carbocycles. The highest BCUT2D eigenvalue weighted by atomic mass is 16.4. The molecule has 1 atom stereocenters. The Morgan fingerprint density at radius 2 is 1.96 bits per heavy atom. The van der Waals surface area contributed by atoms with Gasteiger partial charge in [0.1, 0.15) is 0 Å². The minimum atomic E-state index is -0.857. The number of aliphatic carboxylic acids is 1. The normalized spacial score (nSPS) is 17.0. The number of carboxylic acid groups (broad SMARTS) is 1. The van der Waals surface area contributed by atoms with Gasteiger partial charge in [-0.3, -0.25) is 14.3 Å². The summed E-state index contributed by atoms with van der Waals surface area (Å²) < 4.78 is 1.94. The number of carboxylic acids is 1. The van der Waals surface area contributed by atoms with Crippen LogP contribution in [-0.4, -0.2) is 44.3 Å². The fraction of sp³-hybridized carbons (Fsp3) is 0.421. The number of aromatic nitrogens is 2. The SMILES string of the molecule is Cc1cc(C)n(Cc2ccc(C(=O)N3CCCC3CC(=O)O)cc2)n1. The number of carbonyl (C=O) groups excluding carboxylic acids is 1. The van der Waals surface area contributed by atoms with Gasteiger partial charge in [-0.2, -0.15) is 5.10 Å². The summed E-state index contributed by atoms with van der Waals surface area (Å²) in [6, 6.07) is 9.35. The van der Waals surface area contributed by atoms with Crippen LogP contribution in [0.1, 0.15) is 46.6 Å². The Kier molecular flexibility index (Phi) is 4.88. The second kappa shape index (κ2) is 7.09. The van der Waals surface area contributed by atoms with Crippen molar-refractivity contribution in [3.63, 3.8) is 0 Å². The van der Waals surface area contributed by atoms with E-state index in [9.17, 15) is 9.59 Å². The van der Waals surface area contributed by atoms with E-state index < -0.39 is 5.97 Å². The predicted molar refractivity (Wildman–Crippen MR) is 93.6 cm³/mol. The number of aryl methyl sites for hydroxylation is 2. The molecule has 6 nitrogen and oxygen atoms in total. The molecule has 1 amide bonds. The Balaban J connectivity index is 1.70. The number of benzene rings is 1. The topological polar surface area (TPSA) is 75.4 Å². The van der Waals surface area contributed by atoms with Crippen molar-refractivity contribution in [2.24, 2.45) is 0 Å². The summed E-state index contributed by atoms with van der Waals surface area (Å²) in [5.41, 5.74) is 3.77. The second-order valence-electron chi connectivity index (χ2n) is 6.67. The molecular formula is C19H23N3O3. The second-order valence-corrected chi connectivity index (χ2v) is 6.67. The van der Waals surface area contributed by atoms with Gasteiger partial charge in [0.05, 0.1) is 18.7 Å². The fourth-order valence-corrected chi connectivity index (χ4v) is 3.44. The van der Waals surface area contributed by atoms with Crippen LogP contribution in [0.5, 0.6) is 0 Å². The minimum absolute atomic E-state index is 0.0156. The Bertz CT molecular complexity index is 780. The first-order valence-corrected chi connectivity index (χ1v) is 8.57. The van der Waals surface area contributed by atoms with Gasteiger partial charge in [0, 0.05) is 23.8 Å². The summed E-state index contributed by atoms with van der Waals surface area (Å²) in [6.45, 7) is 5.28. The lowest BCUT2D eigenvalue weighted by Gasteiger charge is -2.23. The zero-order valence-corrected chi connectivity index (χ0v) is 14.6. The Hall–Kier alpha value is -2.63. The fourth-order valence-electron chi connectivity index (χ4n) is 3.44. The van der Waals surface area contributed by atoms with Crippen LogP contribution in [0.2, 0.25) is 0 Å². The summed E-state index contributed by atoms with van der Waals surface area (Å²) in [7, 11) is 0. The Labute approximate surface area is 147 Å². The van der Waals surface area contributed by atoms with Crippen molar-refractivity contribution in [1.82, 2.24) is 14.7 Å².